The molecular weight excluding hydrogens is 308 g/mol. The van der Waals surface area contributed by atoms with Crippen LogP contribution in [-0.4, -0.2) is 27.8 Å². The molecule has 0 saturated heterocycles. The molecule has 3 aromatic rings. The zero-order chi connectivity index (χ0) is 16.9. The summed E-state index contributed by atoms with van der Waals surface area (Å²) >= 11 is 0. The highest BCUT2D eigenvalue weighted by Gasteiger charge is 2.14. The Kier molecular flexibility index (Phi) is 4.60. The number of aromatic nitrogens is 3. The Morgan fingerprint density at radius 2 is 2.17 bits per heavy atom. The van der Waals surface area contributed by atoms with E-state index >= 15 is 0 Å². The molecule has 0 atom stereocenters. The number of nitrogens with one attached hydrogen (secondary N) is 1. The molecule has 0 radical (unpaired) electrons. The fourth-order valence-electron chi connectivity index (χ4n) is 2.30. The third-order valence-electron chi connectivity index (χ3n) is 3.49. The fraction of sp³-hybridized carbons (Fsp3) is 0.235. The second-order valence-corrected chi connectivity index (χ2v) is 5.16. The summed E-state index contributed by atoms with van der Waals surface area (Å²) in [6, 6.07) is 10.9. The van der Waals surface area contributed by atoms with Crippen molar-refractivity contribution in [1.29, 1.82) is 0 Å². The molecule has 0 aliphatic carbocycles. The van der Waals surface area contributed by atoms with Crippen molar-refractivity contribution in [3.63, 3.8) is 0 Å². The predicted molar refractivity (Wildman–Crippen MR) is 88.7 cm³/mol. The summed E-state index contributed by atoms with van der Waals surface area (Å²) in [6.07, 6.45) is 2.47. The Bertz CT molecular complexity index is 838. The van der Waals surface area contributed by atoms with Crippen LogP contribution in [0.2, 0.25) is 0 Å². The molecule has 0 spiro atoms. The minimum absolute atomic E-state index is 0.142. The van der Waals surface area contributed by atoms with Gasteiger partial charge in [0.2, 0.25) is 11.8 Å². The zero-order valence-electron chi connectivity index (χ0n) is 13.5. The number of aryl methyl sites for hydroxylation is 1. The van der Waals surface area contributed by atoms with Crippen LogP contribution in [-0.2, 0) is 17.8 Å². The smallest absolute Gasteiger partial charge is 0.264 e. The lowest BCUT2D eigenvalue weighted by Gasteiger charge is -2.09. The quantitative estimate of drug-likeness (QED) is 0.753. The number of benzene rings is 1. The van der Waals surface area contributed by atoms with E-state index < -0.39 is 0 Å². The van der Waals surface area contributed by atoms with Crippen LogP contribution in [0.5, 0.6) is 5.75 Å². The van der Waals surface area contributed by atoms with E-state index in [0.717, 1.165) is 0 Å². The van der Waals surface area contributed by atoms with Crippen LogP contribution in [0.4, 0.5) is 5.69 Å². The monoisotopic (exact) mass is 326 g/mol. The van der Waals surface area contributed by atoms with Gasteiger partial charge in [0.15, 0.2) is 0 Å². The third kappa shape index (κ3) is 3.45. The summed E-state index contributed by atoms with van der Waals surface area (Å²) in [7, 11) is 1.59. The molecule has 0 aliphatic heterocycles. The first-order valence-electron chi connectivity index (χ1n) is 7.61. The number of carbonyl (C=O) groups is 1. The molecule has 24 heavy (non-hydrogen) atoms. The fourth-order valence-corrected chi connectivity index (χ4v) is 2.30. The minimum atomic E-state index is -0.157. The summed E-state index contributed by atoms with van der Waals surface area (Å²) in [5.41, 5.74) is 1.39. The van der Waals surface area contributed by atoms with Crippen LogP contribution in [0.3, 0.4) is 0 Å². The molecule has 7 heteroatoms. The summed E-state index contributed by atoms with van der Waals surface area (Å²) in [4.78, 5) is 12.3. The molecule has 1 amide bonds. The highest BCUT2D eigenvalue weighted by atomic mass is 16.5. The minimum Gasteiger partial charge on any atom is -0.497 e. The Morgan fingerprint density at radius 3 is 2.92 bits per heavy atom. The van der Waals surface area contributed by atoms with E-state index in [1.165, 1.54) is 0 Å². The lowest BCUT2D eigenvalue weighted by Crippen LogP contribution is -2.18. The number of ether oxygens (including phenoxy) is 1. The topological polar surface area (TPSA) is 82.2 Å². The van der Waals surface area contributed by atoms with Gasteiger partial charge < -0.3 is 19.0 Å². The summed E-state index contributed by atoms with van der Waals surface area (Å²) < 4.78 is 12.5. The largest absolute Gasteiger partial charge is 0.497 e. The van der Waals surface area contributed by atoms with Gasteiger partial charge in [0.05, 0.1) is 7.11 Å². The maximum Gasteiger partial charge on any atom is 0.264 e. The van der Waals surface area contributed by atoms with Crippen molar-refractivity contribution in [2.45, 2.75) is 19.9 Å². The van der Waals surface area contributed by atoms with Crippen LogP contribution in [0, 0.1) is 0 Å². The number of hydrogen-bond acceptors (Lipinski definition) is 5. The molecule has 0 fully saturated rings. The van der Waals surface area contributed by atoms with Gasteiger partial charge >= 0.3 is 0 Å². The van der Waals surface area contributed by atoms with Gasteiger partial charge in [-0.25, -0.2) is 0 Å². The number of hydrogen-bond donors (Lipinski definition) is 1. The van der Waals surface area contributed by atoms with E-state index in [0.29, 0.717) is 35.3 Å². The van der Waals surface area contributed by atoms with Gasteiger partial charge in [0.25, 0.3) is 5.89 Å². The molecule has 0 unspecified atom stereocenters. The Labute approximate surface area is 139 Å². The van der Waals surface area contributed by atoms with E-state index in [4.69, 9.17) is 9.15 Å². The maximum atomic E-state index is 12.3. The van der Waals surface area contributed by atoms with Crippen molar-refractivity contribution in [3.05, 3.63) is 48.5 Å². The van der Waals surface area contributed by atoms with E-state index in [2.05, 4.69) is 15.5 Å². The number of carbonyl (C=O) groups excluding carboxylic acids is 1. The second-order valence-electron chi connectivity index (χ2n) is 5.16. The van der Waals surface area contributed by atoms with Gasteiger partial charge in [0.1, 0.15) is 18.0 Å². The highest BCUT2D eigenvalue weighted by Crippen LogP contribution is 2.20. The molecule has 124 valence electrons. The molecule has 0 saturated carbocycles. The van der Waals surface area contributed by atoms with Crippen LogP contribution in [0.25, 0.3) is 11.6 Å². The summed E-state index contributed by atoms with van der Waals surface area (Å²) in [6.45, 7) is 2.08. The van der Waals surface area contributed by atoms with Crippen molar-refractivity contribution in [1.82, 2.24) is 14.8 Å². The van der Waals surface area contributed by atoms with E-state index in [1.807, 2.05) is 37.3 Å². The number of anilines is 1. The Balaban J connectivity index is 1.72. The lowest BCUT2D eigenvalue weighted by atomic mass is 10.3. The molecule has 0 aliphatic rings. The molecule has 1 aromatic carbocycles. The van der Waals surface area contributed by atoms with Crippen LogP contribution >= 0.6 is 0 Å². The third-order valence-corrected chi connectivity index (χ3v) is 3.49. The van der Waals surface area contributed by atoms with Crippen molar-refractivity contribution in [2.75, 3.05) is 12.4 Å². The standard InChI is InChI=1S/C17H18N4O3/c1-3-16-19-20-17(24-16)14-8-5-9-21(14)11-15(22)18-12-6-4-7-13(10-12)23-2/h4-10H,3,11H2,1-2H3,(H,18,22). The van der Waals surface area contributed by atoms with Gasteiger partial charge in [-0.15, -0.1) is 10.2 Å². The van der Waals surface area contributed by atoms with Gasteiger partial charge in [-0.2, -0.15) is 0 Å². The van der Waals surface area contributed by atoms with Crippen LogP contribution in [0.15, 0.2) is 47.0 Å². The Morgan fingerprint density at radius 1 is 1.29 bits per heavy atom. The van der Waals surface area contributed by atoms with Crippen molar-refractivity contribution in [3.8, 4) is 17.3 Å². The average Bonchev–Trinajstić information content (AvgIpc) is 3.23. The van der Waals surface area contributed by atoms with E-state index in [-0.39, 0.29) is 12.5 Å². The number of amides is 1. The summed E-state index contributed by atoms with van der Waals surface area (Å²) in [5.74, 6) is 1.51. The van der Waals surface area contributed by atoms with Crippen molar-refractivity contribution < 1.29 is 13.9 Å². The predicted octanol–water partition coefficient (Wildman–Crippen LogP) is 2.75. The normalized spacial score (nSPS) is 10.6. The number of rotatable bonds is 6. The second kappa shape index (κ2) is 6.99. The summed E-state index contributed by atoms with van der Waals surface area (Å²) in [5, 5.41) is 10.8. The van der Waals surface area contributed by atoms with Gasteiger partial charge in [0, 0.05) is 24.4 Å². The van der Waals surface area contributed by atoms with E-state index in [9.17, 15) is 4.79 Å². The molecular formula is C17H18N4O3. The molecule has 7 nitrogen and oxygen atoms in total. The SMILES string of the molecule is CCc1nnc(-c2cccn2CC(=O)Nc2cccc(OC)c2)o1. The molecule has 2 aromatic heterocycles. The van der Waals surface area contributed by atoms with Crippen LogP contribution in [0.1, 0.15) is 12.8 Å². The zero-order valence-corrected chi connectivity index (χ0v) is 13.5. The average molecular weight is 326 g/mol. The number of nitrogens with zero attached hydrogens (tertiary/aromatic N) is 3. The molecule has 3 rings (SSSR count). The van der Waals surface area contributed by atoms with Gasteiger partial charge in [-0.05, 0) is 24.3 Å². The lowest BCUT2D eigenvalue weighted by molar-refractivity contribution is -0.116. The van der Waals surface area contributed by atoms with Crippen LogP contribution < -0.4 is 10.1 Å². The first-order chi connectivity index (χ1) is 11.7. The molecule has 2 heterocycles. The van der Waals surface area contributed by atoms with E-state index in [1.54, 1.807) is 23.9 Å². The van der Waals surface area contributed by atoms with Crippen molar-refractivity contribution >= 4 is 11.6 Å². The first kappa shape index (κ1) is 15.8. The van der Waals surface area contributed by atoms with Gasteiger partial charge in [-0.1, -0.05) is 13.0 Å². The Hall–Kier alpha value is -3.09. The number of methoxy groups -OCH3 is 1. The first-order valence-corrected chi connectivity index (χ1v) is 7.61. The maximum absolute atomic E-state index is 12.3. The molecule has 0 bridgehead atoms. The highest BCUT2D eigenvalue weighted by molar-refractivity contribution is 5.91. The van der Waals surface area contributed by atoms with Crippen molar-refractivity contribution in [2.24, 2.45) is 0 Å². The van der Waals surface area contributed by atoms with Gasteiger partial charge in [-0.3, -0.25) is 4.79 Å². The molecule has 1 N–H and O–H groups in total.